The van der Waals surface area contributed by atoms with E-state index in [0.29, 0.717) is 0 Å². The number of hydrogen-bond donors (Lipinski definition) is 1. The van der Waals surface area contributed by atoms with E-state index in [4.69, 9.17) is 9.99 Å². The van der Waals surface area contributed by atoms with Gasteiger partial charge in [0, 0.05) is 5.92 Å². The molecule has 0 amide bonds. The average molecular weight is 238 g/mol. The molecule has 1 aromatic rings. The van der Waals surface area contributed by atoms with Crippen LogP contribution in [0.25, 0.3) is 0 Å². The fourth-order valence-corrected chi connectivity index (χ4v) is 1.53. The van der Waals surface area contributed by atoms with Crippen molar-refractivity contribution >= 4 is 0 Å². The lowest BCUT2D eigenvalue weighted by atomic mass is 9.99. The van der Waals surface area contributed by atoms with Crippen LogP contribution in [-0.2, 0) is 9.62 Å². The summed E-state index contributed by atoms with van der Waals surface area (Å²) >= 11 is 0. The Morgan fingerprint density at radius 1 is 1.24 bits per heavy atom. The van der Waals surface area contributed by atoms with Gasteiger partial charge in [0.1, 0.15) is 0 Å². The van der Waals surface area contributed by atoms with Crippen molar-refractivity contribution in [3.8, 4) is 0 Å². The molecule has 2 atom stereocenters. The van der Waals surface area contributed by atoms with Crippen LogP contribution in [0.3, 0.4) is 0 Å². The minimum Gasteiger partial charge on any atom is -0.343 e. The molecule has 0 saturated carbocycles. The van der Waals surface area contributed by atoms with E-state index in [9.17, 15) is 0 Å². The van der Waals surface area contributed by atoms with Crippen LogP contribution in [0.15, 0.2) is 30.3 Å². The van der Waals surface area contributed by atoms with Gasteiger partial charge in [0.25, 0.3) is 0 Å². The number of benzene rings is 1. The summed E-state index contributed by atoms with van der Waals surface area (Å²) in [5.74, 6) is -0.0213. The van der Waals surface area contributed by atoms with E-state index < -0.39 is 6.29 Å². The molecular formula is C14H22O3. The molecule has 0 aliphatic carbocycles. The molecule has 0 aliphatic rings. The van der Waals surface area contributed by atoms with Gasteiger partial charge in [-0.2, -0.15) is 0 Å². The predicted octanol–water partition coefficient (Wildman–Crippen LogP) is 3.81. The molecule has 0 aromatic heterocycles. The molecule has 0 bridgehead atoms. The first-order valence-corrected chi connectivity index (χ1v) is 6.03. The van der Waals surface area contributed by atoms with Crippen molar-refractivity contribution in [2.24, 2.45) is 0 Å². The zero-order chi connectivity index (χ0) is 12.9. The second-order valence-electron chi connectivity index (χ2n) is 4.90. The Bertz CT molecular complexity index is 321. The summed E-state index contributed by atoms with van der Waals surface area (Å²) in [6, 6.07) is 9.89. The molecule has 0 fully saturated rings. The van der Waals surface area contributed by atoms with Gasteiger partial charge in [0.15, 0.2) is 6.29 Å². The van der Waals surface area contributed by atoms with Crippen LogP contribution >= 0.6 is 0 Å². The average Bonchev–Trinajstić information content (AvgIpc) is 2.36. The molecule has 0 radical (unpaired) electrons. The van der Waals surface area contributed by atoms with Crippen LogP contribution in [0, 0.1) is 0 Å². The van der Waals surface area contributed by atoms with Gasteiger partial charge in [-0.15, -0.1) is 0 Å². The summed E-state index contributed by atoms with van der Waals surface area (Å²) in [6.45, 7) is 7.98. The molecule has 0 heterocycles. The summed E-state index contributed by atoms with van der Waals surface area (Å²) in [4.78, 5) is 4.48. The molecule has 0 saturated heterocycles. The van der Waals surface area contributed by atoms with Crippen LogP contribution in [0.5, 0.6) is 0 Å². The Labute approximate surface area is 103 Å². The van der Waals surface area contributed by atoms with Crippen LogP contribution in [0.1, 0.15) is 45.6 Å². The minimum absolute atomic E-state index is 0.0213. The van der Waals surface area contributed by atoms with Crippen molar-refractivity contribution < 1.29 is 14.9 Å². The zero-order valence-corrected chi connectivity index (χ0v) is 11.0. The second kappa shape index (κ2) is 6.15. The third kappa shape index (κ3) is 4.11. The summed E-state index contributed by atoms with van der Waals surface area (Å²) < 4.78 is 5.78. The molecule has 0 spiro atoms. The van der Waals surface area contributed by atoms with Crippen LogP contribution < -0.4 is 0 Å². The molecule has 0 aliphatic heterocycles. The highest BCUT2D eigenvalue weighted by Crippen LogP contribution is 2.26. The Morgan fingerprint density at radius 3 is 2.29 bits per heavy atom. The van der Waals surface area contributed by atoms with Crippen LogP contribution in [0.4, 0.5) is 0 Å². The van der Waals surface area contributed by atoms with Gasteiger partial charge >= 0.3 is 0 Å². The summed E-state index contributed by atoms with van der Waals surface area (Å²) in [6.07, 6.45) is 0.210. The minimum atomic E-state index is -0.646. The van der Waals surface area contributed by atoms with Crippen molar-refractivity contribution in [2.45, 2.75) is 51.9 Å². The quantitative estimate of drug-likeness (QED) is 0.465. The van der Waals surface area contributed by atoms with E-state index >= 15 is 0 Å². The van der Waals surface area contributed by atoms with Gasteiger partial charge in [-0.3, -0.25) is 0 Å². The van der Waals surface area contributed by atoms with Gasteiger partial charge in [-0.05, 0) is 25.8 Å². The van der Waals surface area contributed by atoms with Gasteiger partial charge in [0.2, 0.25) is 0 Å². The second-order valence-corrected chi connectivity index (χ2v) is 4.90. The van der Waals surface area contributed by atoms with E-state index in [0.717, 1.165) is 12.0 Å². The lowest BCUT2D eigenvalue weighted by Gasteiger charge is -2.31. The van der Waals surface area contributed by atoms with E-state index in [1.165, 1.54) is 0 Å². The molecular weight excluding hydrogens is 216 g/mol. The molecule has 1 rings (SSSR count). The van der Waals surface area contributed by atoms with E-state index in [1.807, 2.05) is 58.0 Å². The third-order valence-electron chi connectivity index (χ3n) is 3.12. The maximum absolute atomic E-state index is 8.99. The first-order chi connectivity index (χ1) is 8.00. The lowest BCUT2D eigenvalue weighted by Crippen LogP contribution is -2.34. The maximum atomic E-state index is 8.99. The highest BCUT2D eigenvalue weighted by atomic mass is 17.1. The lowest BCUT2D eigenvalue weighted by molar-refractivity contribution is -0.369. The first-order valence-electron chi connectivity index (χ1n) is 6.03. The topological polar surface area (TPSA) is 38.7 Å². The number of hydrogen-bond acceptors (Lipinski definition) is 3. The Kier molecular flexibility index (Phi) is 5.12. The van der Waals surface area contributed by atoms with Gasteiger partial charge < -0.3 is 4.74 Å². The van der Waals surface area contributed by atoms with E-state index in [1.54, 1.807) is 0 Å². The molecule has 3 heteroatoms. The summed E-state index contributed by atoms with van der Waals surface area (Å²) in [5.41, 5.74) is 0.773. The fourth-order valence-electron chi connectivity index (χ4n) is 1.53. The molecule has 1 aromatic carbocycles. The molecule has 3 nitrogen and oxygen atoms in total. The largest absolute Gasteiger partial charge is 0.343 e. The standard InChI is InChI=1S/C14H22O3/c1-5-14(3,4)16-13(17-15)11(2)12-9-7-6-8-10-12/h6-11,13,15H,5H2,1-4H3/t11-,13+/m0/s1. The molecule has 96 valence electrons. The maximum Gasteiger partial charge on any atom is 0.198 e. The van der Waals surface area contributed by atoms with Crippen molar-refractivity contribution in [3.05, 3.63) is 35.9 Å². The van der Waals surface area contributed by atoms with Crippen LogP contribution in [-0.4, -0.2) is 17.1 Å². The van der Waals surface area contributed by atoms with Crippen molar-refractivity contribution in [3.63, 3.8) is 0 Å². The molecule has 17 heavy (non-hydrogen) atoms. The zero-order valence-electron chi connectivity index (χ0n) is 11.0. The highest BCUT2D eigenvalue weighted by molar-refractivity contribution is 5.19. The normalized spacial score (nSPS) is 15.6. The monoisotopic (exact) mass is 238 g/mol. The van der Waals surface area contributed by atoms with Gasteiger partial charge in [-0.1, -0.05) is 44.2 Å². The third-order valence-corrected chi connectivity index (χ3v) is 3.12. The molecule has 1 N–H and O–H groups in total. The Hall–Kier alpha value is -0.900. The predicted molar refractivity (Wildman–Crippen MR) is 67.8 cm³/mol. The summed E-state index contributed by atoms with van der Waals surface area (Å²) in [5, 5.41) is 8.99. The van der Waals surface area contributed by atoms with Crippen LogP contribution in [0.2, 0.25) is 0 Å². The Balaban J connectivity index is 2.74. The molecule has 0 unspecified atom stereocenters. The summed E-state index contributed by atoms with van der Waals surface area (Å²) in [7, 11) is 0. The number of rotatable bonds is 6. The SMILES string of the molecule is CCC(C)(C)O[C@H](OO)[C@@H](C)c1ccccc1. The van der Waals surface area contributed by atoms with E-state index in [2.05, 4.69) is 4.89 Å². The van der Waals surface area contributed by atoms with Gasteiger partial charge in [0.05, 0.1) is 5.60 Å². The number of ether oxygens (including phenoxy) is 1. The highest BCUT2D eigenvalue weighted by Gasteiger charge is 2.27. The Morgan fingerprint density at radius 2 is 1.82 bits per heavy atom. The van der Waals surface area contributed by atoms with Gasteiger partial charge in [-0.25, -0.2) is 10.1 Å². The van der Waals surface area contributed by atoms with Crippen molar-refractivity contribution in [1.29, 1.82) is 0 Å². The van der Waals surface area contributed by atoms with E-state index in [-0.39, 0.29) is 11.5 Å². The van der Waals surface area contributed by atoms with Crippen molar-refractivity contribution in [2.75, 3.05) is 0 Å². The van der Waals surface area contributed by atoms with Crippen molar-refractivity contribution in [1.82, 2.24) is 0 Å². The smallest absolute Gasteiger partial charge is 0.198 e. The fraction of sp³-hybridized carbons (Fsp3) is 0.571. The first kappa shape index (κ1) is 14.2.